The Morgan fingerprint density at radius 2 is 1.67 bits per heavy atom. The number of piperidine rings is 1. The second-order valence-electron chi connectivity index (χ2n) is 5.80. The minimum Gasteiger partial charge on any atom is -0.449 e. The zero-order valence-electron chi connectivity index (χ0n) is 11.8. The van der Waals surface area contributed by atoms with Crippen molar-refractivity contribution in [1.29, 1.82) is 0 Å². The summed E-state index contributed by atoms with van der Waals surface area (Å²) >= 11 is 0. The fourth-order valence-corrected chi connectivity index (χ4v) is 3.37. The van der Waals surface area contributed by atoms with Gasteiger partial charge in [0, 0.05) is 12.6 Å². The van der Waals surface area contributed by atoms with Gasteiger partial charge < -0.3 is 9.64 Å². The van der Waals surface area contributed by atoms with E-state index in [2.05, 4.69) is 4.74 Å². The van der Waals surface area contributed by atoms with Crippen LogP contribution in [0.5, 0.6) is 0 Å². The van der Waals surface area contributed by atoms with Crippen LogP contribution in [-0.4, -0.2) is 42.1 Å². The number of hydrogen-bond acceptors (Lipinski definition) is 3. The lowest BCUT2D eigenvalue weighted by Gasteiger charge is -2.38. The molecule has 2 fully saturated rings. The van der Waals surface area contributed by atoms with Crippen molar-refractivity contribution in [3.63, 3.8) is 0 Å². The normalized spacial score (nSPS) is 24.1. The third-order valence-corrected chi connectivity index (χ3v) is 4.30. The van der Waals surface area contributed by atoms with Crippen molar-refractivity contribution in [1.82, 2.24) is 4.90 Å². The van der Waals surface area contributed by atoms with Gasteiger partial charge in [-0.2, -0.15) is 13.2 Å². The smallest absolute Gasteiger partial charge is 0.422 e. The van der Waals surface area contributed by atoms with Crippen LogP contribution < -0.4 is 0 Å². The predicted octanol–water partition coefficient (Wildman–Crippen LogP) is 2.66. The molecule has 1 saturated heterocycles. The number of carbonyl (C=O) groups is 2. The van der Waals surface area contributed by atoms with Crippen LogP contribution in [0.4, 0.5) is 13.2 Å². The average molecular weight is 307 g/mol. The summed E-state index contributed by atoms with van der Waals surface area (Å²) in [6.07, 6.45) is 2.25. The van der Waals surface area contributed by atoms with Crippen molar-refractivity contribution in [3.05, 3.63) is 0 Å². The molecule has 120 valence electrons. The topological polar surface area (TPSA) is 46.6 Å². The first kappa shape index (κ1) is 16.1. The summed E-state index contributed by atoms with van der Waals surface area (Å²) < 4.78 is 40.2. The lowest BCUT2D eigenvalue weighted by molar-refractivity contribution is -0.190. The third kappa shape index (κ3) is 4.35. The molecule has 4 nitrogen and oxygen atoms in total. The van der Waals surface area contributed by atoms with Crippen LogP contribution >= 0.6 is 0 Å². The molecule has 0 aromatic rings. The van der Waals surface area contributed by atoms with Crippen molar-refractivity contribution in [2.75, 3.05) is 13.2 Å². The summed E-state index contributed by atoms with van der Waals surface area (Å²) in [5, 5.41) is 0. The van der Waals surface area contributed by atoms with Crippen LogP contribution in [0.2, 0.25) is 0 Å². The molecule has 1 heterocycles. The zero-order chi connectivity index (χ0) is 15.5. The van der Waals surface area contributed by atoms with E-state index in [9.17, 15) is 22.8 Å². The van der Waals surface area contributed by atoms with Gasteiger partial charge >= 0.3 is 18.1 Å². The lowest BCUT2D eigenvalue weighted by atomic mass is 9.89. The maximum Gasteiger partial charge on any atom is 0.422 e. The second kappa shape index (κ2) is 6.66. The quantitative estimate of drug-likeness (QED) is 0.582. The number of hydrogen-bond donors (Lipinski definition) is 0. The molecule has 2 rings (SSSR count). The van der Waals surface area contributed by atoms with E-state index in [0.29, 0.717) is 12.5 Å². The predicted molar refractivity (Wildman–Crippen MR) is 68.3 cm³/mol. The van der Waals surface area contributed by atoms with Crippen LogP contribution in [0.25, 0.3) is 0 Å². The first-order chi connectivity index (χ1) is 9.88. The van der Waals surface area contributed by atoms with Crippen LogP contribution in [0.3, 0.4) is 0 Å². The van der Waals surface area contributed by atoms with Crippen molar-refractivity contribution >= 4 is 11.9 Å². The Kier molecular flexibility index (Phi) is 5.11. The molecule has 21 heavy (non-hydrogen) atoms. The molecule has 0 spiro atoms. The van der Waals surface area contributed by atoms with Gasteiger partial charge in [0.05, 0.1) is 0 Å². The highest BCUT2D eigenvalue weighted by molar-refractivity contribution is 6.32. The van der Waals surface area contributed by atoms with Gasteiger partial charge in [-0.3, -0.25) is 4.79 Å². The van der Waals surface area contributed by atoms with Gasteiger partial charge in [0.15, 0.2) is 6.61 Å². The van der Waals surface area contributed by atoms with E-state index in [1.807, 2.05) is 0 Å². The van der Waals surface area contributed by atoms with Gasteiger partial charge in [-0.05, 0) is 38.0 Å². The molecule has 1 amide bonds. The van der Waals surface area contributed by atoms with E-state index >= 15 is 0 Å². The molecule has 0 aromatic heterocycles. The number of amides is 1. The second-order valence-corrected chi connectivity index (χ2v) is 5.80. The summed E-state index contributed by atoms with van der Waals surface area (Å²) in [6, 6.07) is -0.0211. The number of likely N-dealkylation sites (tertiary alicyclic amines) is 1. The number of rotatable bonds is 2. The summed E-state index contributed by atoms with van der Waals surface area (Å²) in [7, 11) is 0. The molecule has 0 N–H and O–H groups in total. The van der Waals surface area contributed by atoms with Crippen molar-refractivity contribution in [2.45, 2.75) is 57.2 Å². The van der Waals surface area contributed by atoms with Crippen molar-refractivity contribution < 1.29 is 27.5 Å². The SMILES string of the molecule is O=C(OCC(F)(F)F)C(=O)N1CCCCC1C1CCCC1. The van der Waals surface area contributed by atoms with E-state index in [-0.39, 0.29) is 6.04 Å². The highest BCUT2D eigenvalue weighted by atomic mass is 19.4. The van der Waals surface area contributed by atoms with Crippen LogP contribution in [0, 0.1) is 5.92 Å². The molecule has 0 radical (unpaired) electrons. The molecule has 1 aliphatic carbocycles. The van der Waals surface area contributed by atoms with Gasteiger partial charge in [-0.15, -0.1) is 0 Å². The number of nitrogens with zero attached hydrogens (tertiary/aromatic N) is 1. The Hall–Kier alpha value is -1.27. The maximum atomic E-state index is 12.1. The molecule has 0 bridgehead atoms. The van der Waals surface area contributed by atoms with Gasteiger partial charge in [-0.1, -0.05) is 12.8 Å². The Morgan fingerprint density at radius 3 is 2.29 bits per heavy atom. The van der Waals surface area contributed by atoms with Gasteiger partial charge in [0.1, 0.15) is 0 Å². The third-order valence-electron chi connectivity index (χ3n) is 4.30. The Morgan fingerprint density at radius 1 is 1.05 bits per heavy atom. The minimum atomic E-state index is -4.61. The highest BCUT2D eigenvalue weighted by Gasteiger charge is 2.38. The Bertz CT molecular complexity index is 391. The van der Waals surface area contributed by atoms with E-state index in [0.717, 1.165) is 44.9 Å². The van der Waals surface area contributed by atoms with E-state index in [1.165, 1.54) is 4.90 Å². The Labute approximate surface area is 121 Å². The summed E-state index contributed by atoms with van der Waals surface area (Å²) in [6.45, 7) is -1.28. The fraction of sp³-hybridized carbons (Fsp3) is 0.857. The average Bonchev–Trinajstić information content (AvgIpc) is 2.97. The van der Waals surface area contributed by atoms with E-state index in [4.69, 9.17) is 0 Å². The summed E-state index contributed by atoms with van der Waals surface area (Å²) in [5.41, 5.74) is 0. The van der Waals surface area contributed by atoms with Crippen molar-refractivity contribution in [2.24, 2.45) is 5.92 Å². The number of ether oxygens (including phenoxy) is 1. The monoisotopic (exact) mass is 307 g/mol. The molecule has 0 aromatic carbocycles. The van der Waals surface area contributed by atoms with E-state index < -0.39 is 24.7 Å². The van der Waals surface area contributed by atoms with Gasteiger partial charge in [-0.25, -0.2) is 4.79 Å². The maximum absolute atomic E-state index is 12.1. The number of esters is 1. The van der Waals surface area contributed by atoms with E-state index in [1.54, 1.807) is 0 Å². The molecule has 7 heteroatoms. The molecule has 2 aliphatic rings. The first-order valence-corrected chi connectivity index (χ1v) is 7.43. The molecule has 1 atom stereocenters. The van der Waals surface area contributed by atoms with Gasteiger partial charge in [0.2, 0.25) is 0 Å². The zero-order valence-corrected chi connectivity index (χ0v) is 11.8. The fourth-order valence-electron chi connectivity index (χ4n) is 3.37. The molecule has 1 unspecified atom stereocenters. The number of carbonyl (C=O) groups excluding carboxylic acids is 2. The first-order valence-electron chi connectivity index (χ1n) is 7.43. The molecular weight excluding hydrogens is 287 g/mol. The highest BCUT2D eigenvalue weighted by Crippen LogP contribution is 2.34. The standard InChI is InChI=1S/C14H20F3NO3/c15-14(16,17)9-21-13(20)12(19)18-8-4-3-7-11(18)10-5-1-2-6-10/h10-11H,1-9H2. The summed E-state index contributed by atoms with van der Waals surface area (Å²) in [5.74, 6) is -1.95. The lowest BCUT2D eigenvalue weighted by Crippen LogP contribution is -2.50. The van der Waals surface area contributed by atoms with Crippen LogP contribution in [0.1, 0.15) is 44.9 Å². The van der Waals surface area contributed by atoms with Crippen LogP contribution in [-0.2, 0) is 14.3 Å². The summed E-state index contributed by atoms with van der Waals surface area (Å²) in [4.78, 5) is 25.0. The molecule has 1 aliphatic heterocycles. The Balaban J connectivity index is 1.96. The van der Waals surface area contributed by atoms with Crippen molar-refractivity contribution in [3.8, 4) is 0 Å². The van der Waals surface area contributed by atoms with Gasteiger partial charge in [0.25, 0.3) is 0 Å². The molecular formula is C14H20F3NO3. The largest absolute Gasteiger partial charge is 0.449 e. The molecule has 1 saturated carbocycles. The minimum absolute atomic E-state index is 0.0211. The number of alkyl halides is 3. The number of halogens is 3. The van der Waals surface area contributed by atoms with Crippen LogP contribution in [0.15, 0.2) is 0 Å².